The number of nitro groups is 2. The first-order chi connectivity index (χ1) is 18.7. The second-order valence-corrected chi connectivity index (χ2v) is 8.05. The van der Waals surface area contributed by atoms with Crippen LogP contribution in [0.25, 0.3) is 0 Å². The number of ether oxygens (including phenoxy) is 1. The van der Waals surface area contributed by atoms with E-state index in [9.17, 15) is 34.9 Å². The Morgan fingerprint density at radius 3 is 2.18 bits per heavy atom. The van der Waals surface area contributed by atoms with Crippen LogP contribution in [0.15, 0.2) is 84.5 Å². The Labute approximate surface area is 221 Å². The van der Waals surface area contributed by atoms with Crippen molar-refractivity contribution in [2.45, 2.75) is 12.5 Å². The second-order valence-electron chi connectivity index (χ2n) is 8.05. The molecule has 1 atom stereocenters. The van der Waals surface area contributed by atoms with Gasteiger partial charge in [0.05, 0.1) is 27.7 Å². The van der Waals surface area contributed by atoms with Gasteiger partial charge in [0.2, 0.25) is 0 Å². The lowest BCUT2D eigenvalue weighted by molar-refractivity contribution is -0.394. The van der Waals surface area contributed by atoms with Crippen molar-refractivity contribution >= 4 is 29.4 Å². The number of aromatic hydroxyl groups is 1. The average molecular weight is 533 g/mol. The Balaban J connectivity index is 1.79. The van der Waals surface area contributed by atoms with E-state index in [2.05, 4.69) is 22.4 Å². The highest BCUT2D eigenvalue weighted by atomic mass is 16.6. The van der Waals surface area contributed by atoms with Gasteiger partial charge in [0, 0.05) is 18.6 Å². The van der Waals surface area contributed by atoms with Crippen molar-refractivity contribution in [3.05, 3.63) is 116 Å². The SMILES string of the molecule is C=CCOc1ccc(/C=N\NC(=O)[C@@H](Cc2ccc(O)cc2)NC(=O)c2cc([N+](=O)[O-])cc([N+](=O)[O-])c2)cc1. The lowest BCUT2D eigenvalue weighted by Gasteiger charge is -2.17. The van der Waals surface area contributed by atoms with E-state index in [4.69, 9.17) is 4.74 Å². The molecule has 3 rings (SSSR count). The lowest BCUT2D eigenvalue weighted by Crippen LogP contribution is -2.46. The first-order valence-corrected chi connectivity index (χ1v) is 11.4. The highest BCUT2D eigenvalue weighted by Gasteiger charge is 2.25. The lowest BCUT2D eigenvalue weighted by atomic mass is 10.0. The molecule has 13 heteroatoms. The number of phenolic OH excluding ortho intramolecular Hbond substituents is 1. The summed E-state index contributed by atoms with van der Waals surface area (Å²) in [7, 11) is 0. The number of benzene rings is 3. The molecule has 0 aliphatic carbocycles. The molecule has 3 N–H and O–H groups in total. The molecule has 0 fully saturated rings. The summed E-state index contributed by atoms with van der Waals surface area (Å²) in [4.78, 5) is 46.5. The topological polar surface area (TPSA) is 186 Å². The maximum Gasteiger partial charge on any atom is 0.277 e. The van der Waals surface area contributed by atoms with Gasteiger partial charge in [0.15, 0.2) is 0 Å². The molecule has 0 bridgehead atoms. The van der Waals surface area contributed by atoms with Gasteiger partial charge >= 0.3 is 0 Å². The molecule has 0 spiro atoms. The van der Waals surface area contributed by atoms with Crippen LogP contribution in [0, 0.1) is 20.2 Å². The molecule has 2 amide bonds. The minimum Gasteiger partial charge on any atom is -0.508 e. The van der Waals surface area contributed by atoms with E-state index in [0.717, 1.165) is 18.2 Å². The third kappa shape index (κ3) is 8.21. The maximum absolute atomic E-state index is 13.0. The summed E-state index contributed by atoms with van der Waals surface area (Å²) in [5, 5.41) is 38.3. The highest BCUT2D eigenvalue weighted by Crippen LogP contribution is 2.23. The fraction of sp³-hybridized carbons (Fsp3) is 0.115. The van der Waals surface area contributed by atoms with Gasteiger partial charge < -0.3 is 15.2 Å². The van der Waals surface area contributed by atoms with E-state index in [1.165, 1.54) is 18.3 Å². The monoisotopic (exact) mass is 533 g/mol. The summed E-state index contributed by atoms with van der Waals surface area (Å²) in [5.41, 5.74) is 1.86. The van der Waals surface area contributed by atoms with E-state index >= 15 is 0 Å². The van der Waals surface area contributed by atoms with Crippen molar-refractivity contribution in [3.8, 4) is 11.5 Å². The number of amides is 2. The standard InChI is InChI=1S/C26H23N5O8/c1-2-11-39-23-9-5-18(6-10-23)16-27-29-26(34)24(12-17-3-7-22(32)8-4-17)28-25(33)19-13-20(30(35)36)15-21(14-19)31(37)38/h2-10,13-16,24,32H,1,11-12H2,(H,28,33)(H,29,34)/b27-16-/t24-/m1/s1. The summed E-state index contributed by atoms with van der Waals surface area (Å²) in [6.07, 6.45) is 2.94. The summed E-state index contributed by atoms with van der Waals surface area (Å²) >= 11 is 0. The molecule has 0 radical (unpaired) electrons. The number of non-ortho nitro benzene ring substituents is 2. The van der Waals surface area contributed by atoms with Crippen molar-refractivity contribution in [1.29, 1.82) is 0 Å². The van der Waals surface area contributed by atoms with Crippen LogP contribution in [0.1, 0.15) is 21.5 Å². The molecular formula is C26H23N5O8. The molecule has 200 valence electrons. The predicted molar refractivity (Wildman–Crippen MR) is 141 cm³/mol. The zero-order valence-corrected chi connectivity index (χ0v) is 20.4. The summed E-state index contributed by atoms with van der Waals surface area (Å²) < 4.78 is 5.40. The normalized spacial score (nSPS) is 11.4. The van der Waals surface area contributed by atoms with Gasteiger partial charge in [0.25, 0.3) is 23.2 Å². The number of nitrogens with zero attached hydrogens (tertiary/aromatic N) is 3. The molecule has 0 saturated heterocycles. The maximum atomic E-state index is 13.0. The van der Waals surface area contributed by atoms with Crippen LogP contribution in [-0.2, 0) is 11.2 Å². The number of carbonyl (C=O) groups is 2. The Morgan fingerprint density at radius 2 is 1.62 bits per heavy atom. The van der Waals surface area contributed by atoms with E-state index in [-0.39, 0.29) is 17.7 Å². The van der Waals surface area contributed by atoms with Crippen molar-refractivity contribution in [2.24, 2.45) is 5.10 Å². The second kappa shape index (κ2) is 13.1. The van der Waals surface area contributed by atoms with E-state index in [0.29, 0.717) is 23.5 Å². The van der Waals surface area contributed by atoms with Crippen molar-refractivity contribution in [1.82, 2.24) is 10.7 Å². The summed E-state index contributed by atoms with van der Waals surface area (Å²) in [6.45, 7) is 3.92. The van der Waals surface area contributed by atoms with Gasteiger partial charge in [-0.25, -0.2) is 5.43 Å². The number of nitro benzene ring substituents is 2. The average Bonchev–Trinajstić information content (AvgIpc) is 2.92. The summed E-state index contributed by atoms with van der Waals surface area (Å²) in [5.74, 6) is -1.05. The molecule has 0 aliphatic heterocycles. The van der Waals surface area contributed by atoms with Crippen LogP contribution in [-0.4, -0.2) is 45.6 Å². The molecule has 0 saturated carbocycles. The first kappa shape index (κ1) is 28.0. The van der Waals surface area contributed by atoms with E-state index < -0.39 is 39.1 Å². The van der Waals surface area contributed by atoms with Gasteiger partial charge in [-0.15, -0.1) is 0 Å². The Bertz CT molecular complexity index is 1370. The third-order valence-corrected chi connectivity index (χ3v) is 5.22. The molecule has 0 aliphatic rings. The molecule has 0 heterocycles. The molecule has 39 heavy (non-hydrogen) atoms. The first-order valence-electron chi connectivity index (χ1n) is 11.4. The zero-order chi connectivity index (χ0) is 28.4. The van der Waals surface area contributed by atoms with Gasteiger partial charge in [-0.05, 0) is 47.5 Å². The Morgan fingerprint density at radius 1 is 1.00 bits per heavy atom. The van der Waals surface area contributed by atoms with E-state index in [1.807, 2.05) is 0 Å². The Hall–Kier alpha value is -5.59. The number of hydrogen-bond donors (Lipinski definition) is 3. The number of carbonyl (C=O) groups excluding carboxylic acids is 2. The van der Waals surface area contributed by atoms with Crippen LogP contribution in [0.3, 0.4) is 0 Å². The van der Waals surface area contributed by atoms with Crippen molar-refractivity contribution in [2.75, 3.05) is 6.61 Å². The summed E-state index contributed by atoms with van der Waals surface area (Å²) in [6, 6.07) is 14.0. The fourth-order valence-corrected chi connectivity index (χ4v) is 3.31. The number of nitrogens with one attached hydrogen (secondary N) is 2. The number of hydrogen-bond acceptors (Lipinski definition) is 9. The van der Waals surface area contributed by atoms with Gasteiger partial charge in [-0.1, -0.05) is 24.8 Å². The van der Waals surface area contributed by atoms with Crippen LogP contribution >= 0.6 is 0 Å². The van der Waals surface area contributed by atoms with Gasteiger partial charge in [-0.3, -0.25) is 29.8 Å². The van der Waals surface area contributed by atoms with Gasteiger partial charge in [-0.2, -0.15) is 5.10 Å². The smallest absolute Gasteiger partial charge is 0.277 e. The predicted octanol–water partition coefficient (Wildman–Crippen LogP) is 3.26. The number of phenols is 1. The number of hydrazone groups is 1. The minimum atomic E-state index is -1.23. The zero-order valence-electron chi connectivity index (χ0n) is 20.4. The largest absolute Gasteiger partial charge is 0.508 e. The molecule has 13 nitrogen and oxygen atoms in total. The van der Waals surface area contributed by atoms with Crippen LogP contribution in [0.2, 0.25) is 0 Å². The molecule has 3 aromatic rings. The van der Waals surface area contributed by atoms with E-state index in [1.54, 1.807) is 42.5 Å². The van der Waals surface area contributed by atoms with Crippen LogP contribution in [0.5, 0.6) is 11.5 Å². The highest BCUT2D eigenvalue weighted by molar-refractivity contribution is 5.98. The molecular weight excluding hydrogens is 510 g/mol. The third-order valence-electron chi connectivity index (χ3n) is 5.22. The van der Waals surface area contributed by atoms with Crippen LogP contribution < -0.4 is 15.5 Å². The quantitative estimate of drug-likeness (QED) is 0.137. The van der Waals surface area contributed by atoms with Crippen molar-refractivity contribution in [3.63, 3.8) is 0 Å². The van der Waals surface area contributed by atoms with Crippen LogP contribution in [0.4, 0.5) is 11.4 Å². The molecule has 0 aromatic heterocycles. The number of rotatable bonds is 12. The Kier molecular flexibility index (Phi) is 9.40. The minimum absolute atomic E-state index is 0.00166. The molecule has 3 aromatic carbocycles. The van der Waals surface area contributed by atoms with Crippen molar-refractivity contribution < 1.29 is 29.3 Å². The van der Waals surface area contributed by atoms with Gasteiger partial charge in [0.1, 0.15) is 24.1 Å². The molecule has 0 unspecified atom stereocenters. The fourth-order valence-electron chi connectivity index (χ4n) is 3.31.